The molecule has 118 valence electrons. The van der Waals surface area contributed by atoms with Crippen molar-refractivity contribution < 1.29 is 4.79 Å². The van der Waals surface area contributed by atoms with Crippen LogP contribution in [0.15, 0.2) is 42.7 Å². The van der Waals surface area contributed by atoms with Gasteiger partial charge in [0.15, 0.2) is 0 Å². The van der Waals surface area contributed by atoms with Crippen LogP contribution in [0.3, 0.4) is 0 Å². The second kappa shape index (κ2) is 7.15. The molecule has 7 heteroatoms. The Labute approximate surface area is 138 Å². The van der Waals surface area contributed by atoms with Crippen LogP contribution < -0.4 is 5.32 Å². The standard InChI is InChI=1S/C16H17N5OS/c1-2-15-19-20-16(23-15)18-14(22)9-8-12-10-17-21(11-12)13-6-4-3-5-7-13/h3-7,10-11H,2,8-9H2,1H3,(H,18,20,22). The summed E-state index contributed by atoms with van der Waals surface area (Å²) in [7, 11) is 0. The SMILES string of the molecule is CCc1nnc(NC(=O)CCc2cnn(-c3ccccc3)c2)s1. The van der Waals surface area contributed by atoms with Crippen molar-refractivity contribution in [2.75, 3.05) is 5.32 Å². The van der Waals surface area contributed by atoms with Crippen molar-refractivity contribution in [1.29, 1.82) is 0 Å². The Morgan fingerprint density at radius 2 is 2.09 bits per heavy atom. The molecular formula is C16H17N5OS. The number of aromatic nitrogens is 4. The van der Waals surface area contributed by atoms with Crippen LogP contribution in [0.25, 0.3) is 5.69 Å². The number of para-hydroxylation sites is 1. The fourth-order valence-electron chi connectivity index (χ4n) is 2.10. The summed E-state index contributed by atoms with van der Waals surface area (Å²) in [5.41, 5.74) is 2.03. The smallest absolute Gasteiger partial charge is 0.226 e. The largest absolute Gasteiger partial charge is 0.301 e. The van der Waals surface area contributed by atoms with Crippen molar-refractivity contribution >= 4 is 22.4 Å². The lowest BCUT2D eigenvalue weighted by Crippen LogP contribution is -2.12. The molecule has 3 aromatic rings. The second-order valence-corrected chi connectivity index (χ2v) is 6.09. The van der Waals surface area contributed by atoms with Crippen LogP contribution in [0.5, 0.6) is 0 Å². The number of carbonyl (C=O) groups excluding carboxylic acids is 1. The molecule has 23 heavy (non-hydrogen) atoms. The molecule has 1 aromatic carbocycles. The highest BCUT2D eigenvalue weighted by Crippen LogP contribution is 2.16. The number of nitrogens with zero attached hydrogens (tertiary/aromatic N) is 4. The molecule has 1 amide bonds. The van der Waals surface area contributed by atoms with E-state index < -0.39 is 0 Å². The third-order valence-corrected chi connectivity index (χ3v) is 4.30. The summed E-state index contributed by atoms with van der Waals surface area (Å²) in [5.74, 6) is -0.0590. The lowest BCUT2D eigenvalue weighted by Gasteiger charge is -2.00. The highest BCUT2D eigenvalue weighted by atomic mass is 32.1. The summed E-state index contributed by atoms with van der Waals surface area (Å²) in [4.78, 5) is 12.0. The van der Waals surface area contributed by atoms with Gasteiger partial charge in [-0.25, -0.2) is 4.68 Å². The monoisotopic (exact) mass is 327 g/mol. The molecule has 6 nitrogen and oxygen atoms in total. The summed E-state index contributed by atoms with van der Waals surface area (Å²) in [6.07, 6.45) is 5.59. The maximum Gasteiger partial charge on any atom is 0.226 e. The third-order valence-electron chi connectivity index (χ3n) is 3.31. The molecule has 0 saturated heterocycles. The number of amides is 1. The average Bonchev–Trinajstić information content (AvgIpc) is 3.23. The Morgan fingerprint density at radius 3 is 2.83 bits per heavy atom. The van der Waals surface area contributed by atoms with E-state index in [1.165, 1.54) is 11.3 Å². The van der Waals surface area contributed by atoms with E-state index in [0.29, 0.717) is 18.0 Å². The highest BCUT2D eigenvalue weighted by Gasteiger charge is 2.08. The van der Waals surface area contributed by atoms with Crippen LogP contribution in [0.4, 0.5) is 5.13 Å². The van der Waals surface area contributed by atoms with E-state index in [1.807, 2.05) is 48.1 Å². The fraction of sp³-hybridized carbons (Fsp3) is 0.250. The van der Waals surface area contributed by atoms with Crippen LogP contribution in [0.2, 0.25) is 0 Å². The zero-order valence-electron chi connectivity index (χ0n) is 12.8. The van der Waals surface area contributed by atoms with Crippen molar-refractivity contribution in [3.05, 3.63) is 53.3 Å². The molecular weight excluding hydrogens is 310 g/mol. The van der Waals surface area contributed by atoms with Gasteiger partial charge in [-0.1, -0.05) is 36.5 Å². The van der Waals surface area contributed by atoms with Crippen molar-refractivity contribution in [2.24, 2.45) is 0 Å². The number of benzene rings is 1. The summed E-state index contributed by atoms with van der Waals surface area (Å²) in [6.45, 7) is 2.01. The Bertz CT molecular complexity index is 781. The van der Waals surface area contributed by atoms with E-state index in [1.54, 1.807) is 6.20 Å². The molecule has 0 radical (unpaired) electrons. The number of hydrogen-bond donors (Lipinski definition) is 1. The molecule has 0 atom stereocenters. The molecule has 0 aliphatic rings. The number of aryl methyl sites for hydroxylation is 2. The minimum atomic E-state index is -0.0590. The molecule has 0 aliphatic carbocycles. The maximum atomic E-state index is 12.0. The summed E-state index contributed by atoms with van der Waals surface area (Å²) in [6, 6.07) is 9.89. The third kappa shape index (κ3) is 4.01. The predicted molar refractivity (Wildman–Crippen MR) is 89.8 cm³/mol. The van der Waals surface area contributed by atoms with Gasteiger partial charge in [0.05, 0.1) is 11.9 Å². The molecule has 0 unspecified atom stereocenters. The summed E-state index contributed by atoms with van der Waals surface area (Å²) in [5, 5.41) is 16.5. The van der Waals surface area contributed by atoms with E-state index in [0.717, 1.165) is 22.7 Å². The van der Waals surface area contributed by atoms with Gasteiger partial charge in [0.1, 0.15) is 5.01 Å². The van der Waals surface area contributed by atoms with Crippen molar-refractivity contribution in [3.63, 3.8) is 0 Å². The number of carbonyl (C=O) groups is 1. The number of nitrogens with one attached hydrogen (secondary N) is 1. The van der Waals surface area contributed by atoms with Gasteiger partial charge >= 0.3 is 0 Å². The van der Waals surface area contributed by atoms with Gasteiger partial charge in [-0.05, 0) is 30.5 Å². The zero-order chi connectivity index (χ0) is 16.1. The minimum Gasteiger partial charge on any atom is -0.301 e. The van der Waals surface area contributed by atoms with Gasteiger partial charge in [0, 0.05) is 12.6 Å². The molecule has 2 aromatic heterocycles. The molecule has 0 bridgehead atoms. The maximum absolute atomic E-state index is 12.0. The molecule has 1 N–H and O–H groups in total. The average molecular weight is 327 g/mol. The van der Waals surface area contributed by atoms with Gasteiger partial charge in [0.25, 0.3) is 0 Å². The first-order valence-electron chi connectivity index (χ1n) is 7.46. The predicted octanol–water partition coefficient (Wildman–Crippen LogP) is 2.86. The zero-order valence-corrected chi connectivity index (χ0v) is 13.6. The van der Waals surface area contributed by atoms with Crippen molar-refractivity contribution in [1.82, 2.24) is 20.0 Å². The fourth-order valence-corrected chi connectivity index (χ4v) is 2.79. The van der Waals surface area contributed by atoms with E-state index >= 15 is 0 Å². The van der Waals surface area contributed by atoms with Crippen LogP contribution in [-0.2, 0) is 17.6 Å². The summed E-state index contributed by atoms with van der Waals surface area (Å²) < 4.78 is 1.81. The van der Waals surface area contributed by atoms with Crippen LogP contribution >= 0.6 is 11.3 Å². The minimum absolute atomic E-state index is 0.0590. The highest BCUT2D eigenvalue weighted by molar-refractivity contribution is 7.15. The Balaban J connectivity index is 1.54. The van der Waals surface area contributed by atoms with Gasteiger partial charge in [0.2, 0.25) is 11.0 Å². The van der Waals surface area contributed by atoms with Gasteiger partial charge in [-0.3, -0.25) is 4.79 Å². The van der Waals surface area contributed by atoms with Gasteiger partial charge in [-0.2, -0.15) is 5.10 Å². The Morgan fingerprint density at radius 1 is 1.26 bits per heavy atom. The normalized spacial score (nSPS) is 10.7. The number of anilines is 1. The van der Waals surface area contributed by atoms with Gasteiger partial charge < -0.3 is 5.32 Å². The first-order chi connectivity index (χ1) is 11.2. The molecule has 0 aliphatic heterocycles. The topological polar surface area (TPSA) is 72.7 Å². The van der Waals surface area contributed by atoms with E-state index in [9.17, 15) is 4.79 Å². The van der Waals surface area contributed by atoms with Crippen LogP contribution in [-0.4, -0.2) is 25.9 Å². The summed E-state index contributed by atoms with van der Waals surface area (Å²) >= 11 is 1.41. The number of rotatable bonds is 6. The first-order valence-corrected chi connectivity index (χ1v) is 8.27. The lowest BCUT2D eigenvalue weighted by molar-refractivity contribution is -0.116. The molecule has 2 heterocycles. The Kier molecular flexibility index (Phi) is 4.77. The first kappa shape index (κ1) is 15.4. The van der Waals surface area contributed by atoms with E-state index in [2.05, 4.69) is 20.6 Å². The van der Waals surface area contributed by atoms with Crippen LogP contribution in [0, 0.1) is 0 Å². The van der Waals surface area contributed by atoms with Crippen LogP contribution in [0.1, 0.15) is 23.9 Å². The van der Waals surface area contributed by atoms with Gasteiger partial charge in [-0.15, -0.1) is 10.2 Å². The molecule has 3 rings (SSSR count). The van der Waals surface area contributed by atoms with E-state index in [4.69, 9.17) is 0 Å². The quantitative estimate of drug-likeness (QED) is 0.755. The van der Waals surface area contributed by atoms with Crippen molar-refractivity contribution in [2.45, 2.75) is 26.2 Å². The molecule has 0 saturated carbocycles. The van der Waals surface area contributed by atoms with Crippen molar-refractivity contribution in [3.8, 4) is 5.69 Å². The molecule has 0 spiro atoms. The van der Waals surface area contributed by atoms with E-state index in [-0.39, 0.29) is 5.91 Å². The number of hydrogen-bond acceptors (Lipinski definition) is 5. The second-order valence-electron chi connectivity index (χ2n) is 5.03. The Hall–Kier alpha value is -2.54. The lowest BCUT2D eigenvalue weighted by atomic mass is 10.2. The molecule has 0 fully saturated rings.